The molecule has 1 aliphatic heterocycles. The minimum absolute atomic E-state index is 0.215. The maximum atomic E-state index is 5.62. The molecule has 1 heterocycles. The van der Waals surface area contributed by atoms with Crippen LogP contribution in [-0.2, 0) is 0 Å². The van der Waals surface area contributed by atoms with Gasteiger partial charge in [-0.1, -0.05) is 0 Å². The Hall–Kier alpha value is -0.630. The lowest BCUT2D eigenvalue weighted by Crippen LogP contribution is -2.23. The van der Waals surface area contributed by atoms with Crippen LogP contribution in [0.4, 0.5) is 0 Å². The molecule has 0 aromatic heterocycles. The summed E-state index contributed by atoms with van der Waals surface area (Å²) in [6.07, 6.45) is 4.55. The highest BCUT2D eigenvalue weighted by atomic mass is 14.7. The Morgan fingerprint density at radius 3 is 3.00 bits per heavy atom. The minimum Gasteiger partial charge on any atom is -0.324 e. The lowest BCUT2D eigenvalue weighted by molar-refractivity contribution is 0.798. The van der Waals surface area contributed by atoms with Gasteiger partial charge in [-0.05, 0) is 12.5 Å². The predicted octanol–water partition coefficient (Wildman–Crippen LogP) is 0.692. The Bertz CT molecular complexity index is 135. The molecule has 0 saturated heterocycles. The van der Waals surface area contributed by atoms with Crippen LogP contribution >= 0.6 is 0 Å². The number of nitrogens with zero attached hydrogens (tertiary/aromatic N) is 1. The summed E-state index contributed by atoms with van der Waals surface area (Å²) in [6.45, 7) is 2.00. The fourth-order valence-corrected chi connectivity index (χ4v) is 0.626. The summed E-state index contributed by atoms with van der Waals surface area (Å²) in [6, 6.07) is 0.215. The van der Waals surface area contributed by atoms with Crippen LogP contribution in [0.1, 0.15) is 13.3 Å². The zero-order valence-electron chi connectivity index (χ0n) is 4.96. The Labute approximate surface area is 49.1 Å². The highest BCUT2D eigenvalue weighted by Crippen LogP contribution is 2.05. The van der Waals surface area contributed by atoms with Crippen molar-refractivity contribution in [2.45, 2.75) is 19.4 Å². The van der Waals surface area contributed by atoms with Crippen molar-refractivity contribution >= 4 is 6.21 Å². The summed E-state index contributed by atoms with van der Waals surface area (Å²) >= 11 is 0. The van der Waals surface area contributed by atoms with Gasteiger partial charge in [-0.2, -0.15) is 0 Å². The maximum absolute atomic E-state index is 5.62. The lowest BCUT2D eigenvalue weighted by Gasteiger charge is -2.10. The van der Waals surface area contributed by atoms with E-state index >= 15 is 0 Å². The molecule has 44 valence electrons. The van der Waals surface area contributed by atoms with E-state index in [2.05, 4.69) is 4.99 Å². The molecule has 2 heteroatoms. The summed E-state index contributed by atoms with van der Waals surface area (Å²) in [5, 5.41) is 0. The van der Waals surface area contributed by atoms with Gasteiger partial charge in [-0.25, -0.2) is 0 Å². The molecule has 0 bridgehead atoms. The van der Waals surface area contributed by atoms with Gasteiger partial charge in [-0.15, -0.1) is 0 Å². The first-order valence-electron chi connectivity index (χ1n) is 2.74. The van der Waals surface area contributed by atoms with Crippen LogP contribution in [0.5, 0.6) is 0 Å². The number of hydrogen-bond acceptors (Lipinski definition) is 2. The highest BCUT2D eigenvalue weighted by molar-refractivity contribution is 5.61. The zero-order chi connectivity index (χ0) is 5.98. The van der Waals surface area contributed by atoms with Crippen LogP contribution in [0.15, 0.2) is 16.8 Å². The van der Waals surface area contributed by atoms with Crippen LogP contribution < -0.4 is 5.73 Å². The Morgan fingerprint density at radius 2 is 2.62 bits per heavy atom. The van der Waals surface area contributed by atoms with Gasteiger partial charge in [0.05, 0.1) is 0 Å². The van der Waals surface area contributed by atoms with Gasteiger partial charge in [0.25, 0.3) is 0 Å². The summed E-state index contributed by atoms with van der Waals surface area (Å²) in [5.41, 5.74) is 6.79. The van der Waals surface area contributed by atoms with E-state index in [0.29, 0.717) is 0 Å². The minimum atomic E-state index is 0.215. The van der Waals surface area contributed by atoms with E-state index in [9.17, 15) is 0 Å². The van der Waals surface area contributed by atoms with E-state index in [1.54, 1.807) is 0 Å². The average Bonchev–Trinajstić information content (AvgIpc) is 1.77. The van der Waals surface area contributed by atoms with E-state index in [4.69, 9.17) is 5.73 Å². The third kappa shape index (κ3) is 0.954. The van der Waals surface area contributed by atoms with Crippen molar-refractivity contribution in [2.24, 2.45) is 10.7 Å². The number of rotatable bonds is 0. The summed E-state index contributed by atoms with van der Waals surface area (Å²) in [4.78, 5) is 3.94. The molecule has 0 amide bonds. The second-order valence-electron chi connectivity index (χ2n) is 2.05. The van der Waals surface area contributed by atoms with Crippen molar-refractivity contribution in [1.82, 2.24) is 0 Å². The Balaban J connectivity index is 2.66. The van der Waals surface area contributed by atoms with Crippen molar-refractivity contribution in [3.8, 4) is 0 Å². The first-order chi connectivity index (χ1) is 3.80. The first-order valence-corrected chi connectivity index (χ1v) is 2.74. The van der Waals surface area contributed by atoms with Gasteiger partial charge < -0.3 is 5.73 Å². The molecule has 0 saturated carbocycles. The standard InChI is InChI=1S/C6H10N2/c1-5-4-8-3-2-6(5)7/h3-4,6H,2,7H2,1H3. The number of hydrogen-bond donors (Lipinski definition) is 1. The maximum Gasteiger partial charge on any atom is 0.0319 e. The quantitative estimate of drug-likeness (QED) is 0.489. The molecule has 2 N–H and O–H groups in total. The highest BCUT2D eigenvalue weighted by Gasteiger charge is 2.03. The van der Waals surface area contributed by atoms with Gasteiger partial charge in [0, 0.05) is 24.9 Å². The molecule has 0 spiro atoms. The average molecular weight is 110 g/mol. The molecule has 0 aromatic carbocycles. The largest absolute Gasteiger partial charge is 0.324 e. The van der Waals surface area contributed by atoms with Crippen molar-refractivity contribution in [3.63, 3.8) is 0 Å². The van der Waals surface area contributed by atoms with Crippen molar-refractivity contribution in [2.75, 3.05) is 0 Å². The first kappa shape index (κ1) is 5.51. The van der Waals surface area contributed by atoms with E-state index in [1.807, 2.05) is 19.3 Å². The normalized spacial score (nSPS) is 27.8. The lowest BCUT2D eigenvalue weighted by atomic mass is 10.1. The van der Waals surface area contributed by atoms with Gasteiger partial charge in [0.15, 0.2) is 0 Å². The topological polar surface area (TPSA) is 38.4 Å². The Kier molecular flexibility index (Phi) is 1.44. The monoisotopic (exact) mass is 110 g/mol. The van der Waals surface area contributed by atoms with Crippen LogP contribution in [-0.4, -0.2) is 12.3 Å². The van der Waals surface area contributed by atoms with Gasteiger partial charge in [0.1, 0.15) is 0 Å². The fraction of sp³-hybridized carbons (Fsp3) is 0.500. The zero-order valence-corrected chi connectivity index (χ0v) is 4.96. The summed E-state index contributed by atoms with van der Waals surface area (Å²) in [5.74, 6) is 0. The van der Waals surface area contributed by atoms with Crippen LogP contribution in [0, 0.1) is 0 Å². The van der Waals surface area contributed by atoms with E-state index < -0.39 is 0 Å². The molecular formula is C6H10N2. The molecule has 1 atom stereocenters. The van der Waals surface area contributed by atoms with Crippen LogP contribution in [0.3, 0.4) is 0 Å². The van der Waals surface area contributed by atoms with E-state index in [1.165, 1.54) is 5.57 Å². The van der Waals surface area contributed by atoms with Crippen molar-refractivity contribution in [3.05, 3.63) is 11.8 Å². The molecule has 1 aliphatic rings. The van der Waals surface area contributed by atoms with Crippen molar-refractivity contribution < 1.29 is 0 Å². The summed E-state index contributed by atoms with van der Waals surface area (Å²) in [7, 11) is 0. The van der Waals surface area contributed by atoms with Crippen molar-refractivity contribution in [1.29, 1.82) is 0 Å². The molecule has 0 aromatic rings. The van der Waals surface area contributed by atoms with E-state index in [-0.39, 0.29) is 6.04 Å². The second kappa shape index (κ2) is 2.09. The smallest absolute Gasteiger partial charge is 0.0319 e. The fourth-order valence-electron chi connectivity index (χ4n) is 0.626. The third-order valence-corrected chi connectivity index (χ3v) is 1.33. The molecule has 1 rings (SSSR count). The molecule has 0 fully saturated rings. The third-order valence-electron chi connectivity index (χ3n) is 1.33. The summed E-state index contributed by atoms with van der Waals surface area (Å²) < 4.78 is 0. The van der Waals surface area contributed by atoms with Crippen LogP contribution in [0.2, 0.25) is 0 Å². The van der Waals surface area contributed by atoms with Gasteiger partial charge in [-0.3, -0.25) is 4.99 Å². The number of aliphatic imine (C=N–C) groups is 1. The van der Waals surface area contributed by atoms with Crippen LogP contribution in [0.25, 0.3) is 0 Å². The Morgan fingerprint density at radius 1 is 1.88 bits per heavy atom. The molecule has 8 heavy (non-hydrogen) atoms. The van der Waals surface area contributed by atoms with Gasteiger partial charge in [0.2, 0.25) is 0 Å². The van der Waals surface area contributed by atoms with Gasteiger partial charge >= 0.3 is 0 Å². The molecule has 0 radical (unpaired) electrons. The van der Waals surface area contributed by atoms with E-state index in [0.717, 1.165) is 6.42 Å². The molecule has 2 nitrogen and oxygen atoms in total. The molecular weight excluding hydrogens is 100 g/mol. The molecule has 1 unspecified atom stereocenters. The number of nitrogens with two attached hydrogens (primary N) is 1. The molecule has 0 aliphatic carbocycles. The SMILES string of the molecule is CC1=CN=CCC1N. The second-order valence-corrected chi connectivity index (χ2v) is 2.05. The predicted molar refractivity (Wildman–Crippen MR) is 34.8 cm³/mol.